The third-order valence-corrected chi connectivity index (χ3v) is 5.50. The van der Waals surface area contributed by atoms with Gasteiger partial charge in [-0.2, -0.15) is 18.3 Å². The number of aliphatic carboxylic acids is 1. The molecule has 1 aliphatic heterocycles. The van der Waals surface area contributed by atoms with Crippen LogP contribution in [0.1, 0.15) is 35.6 Å². The molecule has 2 aliphatic rings. The fourth-order valence-corrected chi connectivity index (χ4v) is 3.75. The van der Waals surface area contributed by atoms with Gasteiger partial charge in [0.05, 0.1) is 19.9 Å². The Balaban J connectivity index is 0.000000360. The number of benzene rings is 1. The number of carbonyl (C=O) groups is 1. The lowest BCUT2D eigenvalue weighted by atomic mass is 9.96. The molecule has 0 radical (unpaired) electrons. The van der Waals surface area contributed by atoms with E-state index in [1.807, 2.05) is 30.1 Å². The van der Waals surface area contributed by atoms with Crippen molar-refractivity contribution >= 4 is 5.97 Å². The molecule has 1 aromatic heterocycles. The second-order valence-electron chi connectivity index (χ2n) is 8.18. The zero-order valence-corrected chi connectivity index (χ0v) is 18.1. The van der Waals surface area contributed by atoms with Crippen LogP contribution in [0.5, 0.6) is 5.75 Å². The SMILES string of the molecule is COc1ccc(CN2Cc3cnn(C)c3C(COCC3CC3)C2)cc1.O=C(O)C(F)(F)F. The number of halogens is 3. The summed E-state index contributed by atoms with van der Waals surface area (Å²) in [5.74, 6) is -0.644. The molecule has 1 aliphatic carbocycles. The molecule has 1 fully saturated rings. The Bertz CT molecular complexity index is 895. The lowest BCUT2D eigenvalue weighted by Gasteiger charge is -2.33. The Morgan fingerprint density at radius 3 is 2.44 bits per heavy atom. The molecule has 2 heterocycles. The molecular formula is C22H28F3N3O4. The molecule has 2 aromatic rings. The second kappa shape index (κ2) is 10.4. The van der Waals surface area contributed by atoms with Crippen molar-refractivity contribution in [1.82, 2.24) is 14.7 Å². The van der Waals surface area contributed by atoms with E-state index in [1.54, 1.807) is 7.11 Å². The summed E-state index contributed by atoms with van der Waals surface area (Å²) >= 11 is 0. The number of fused-ring (bicyclic) bond motifs is 1. The molecule has 1 aromatic carbocycles. The lowest BCUT2D eigenvalue weighted by Crippen LogP contribution is -2.35. The van der Waals surface area contributed by atoms with E-state index < -0.39 is 12.1 Å². The molecule has 10 heteroatoms. The first kappa shape index (κ1) is 24.1. The average molecular weight is 455 g/mol. The summed E-state index contributed by atoms with van der Waals surface area (Å²) < 4.78 is 45.0. The number of carboxylic acid groups (broad SMARTS) is 1. The van der Waals surface area contributed by atoms with Crippen LogP contribution in [0.2, 0.25) is 0 Å². The molecule has 1 atom stereocenters. The van der Waals surface area contributed by atoms with Gasteiger partial charge in [-0.05, 0) is 36.5 Å². The quantitative estimate of drug-likeness (QED) is 0.688. The number of nitrogens with zero attached hydrogens (tertiary/aromatic N) is 3. The van der Waals surface area contributed by atoms with Crippen molar-refractivity contribution in [3.8, 4) is 5.75 Å². The summed E-state index contributed by atoms with van der Waals surface area (Å²) in [5.41, 5.74) is 4.00. The van der Waals surface area contributed by atoms with Gasteiger partial charge in [0, 0.05) is 50.5 Å². The molecule has 0 amide bonds. The van der Waals surface area contributed by atoms with E-state index in [2.05, 4.69) is 22.1 Å². The Morgan fingerprint density at radius 2 is 1.88 bits per heavy atom. The first-order valence-corrected chi connectivity index (χ1v) is 10.4. The normalized spacial score (nSPS) is 18.5. The summed E-state index contributed by atoms with van der Waals surface area (Å²) in [6.07, 6.45) is -0.389. The highest BCUT2D eigenvalue weighted by atomic mass is 19.4. The van der Waals surface area contributed by atoms with Crippen molar-refractivity contribution < 1.29 is 32.5 Å². The van der Waals surface area contributed by atoms with Gasteiger partial charge in [0.15, 0.2) is 0 Å². The van der Waals surface area contributed by atoms with Gasteiger partial charge in [-0.25, -0.2) is 4.79 Å². The Kier molecular flexibility index (Phi) is 7.78. The fraction of sp³-hybridized carbons (Fsp3) is 0.545. The molecule has 0 bridgehead atoms. The van der Waals surface area contributed by atoms with Crippen LogP contribution in [0, 0.1) is 5.92 Å². The number of aromatic nitrogens is 2. The van der Waals surface area contributed by atoms with Gasteiger partial charge < -0.3 is 14.6 Å². The summed E-state index contributed by atoms with van der Waals surface area (Å²) in [6.45, 7) is 4.62. The number of methoxy groups -OCH3 is 1. The van der Waals surface area contributed by atoms with Crippen molar-refractivity contribution in [3.05, 3.63) is 47.3 Å². The molecular weight excluding hydrogens is 427 g/mol. The summed E-state index contributed by atoms with van der Waals surface area (Å²) in [4.78, 5) is 11.4. The van der Waals surface area contributed by atoms with E-state index in [-0.39, 0.29) is 0 Å². The van der Waals surface area contributed by atoms with Crippen LogP contribution in [-0.4, -0.2) is 58.8 Å². The number of rotatable bonds is 7. The Morgan fingerprint density at radius 1 is 1.22 bits per heavy atom. The van der Waals surface area contributed by atoms with E-state index in [4.69, 9.17) is 19.4 Å². The van der Waals surface area contributed by atoms with Gasteiger partial charge in [0.1, 0.15) is 5.75 Å². The van der Waals surface area contributed by atoms with E-state index in [0.717, 1.165) is 44.5 Å². The zero-order valence-electron chi connectivity index (χ0n) is 18.1. The molecule has 0 spiro atoms. The second-order valence-corrected chi connectivity index (χ2v) is 8.18. The van der Waals surface area contributed by atoms with Crippen LogP contribution < -0.4 is 4.74 Å². The molecule has 7 nitrogen and oxygen atoms in total. The Labute approximate surface area is 184 Å². The first-order chi connectivity index (χ1) is 15.2. The minimum absolute atomic E-state index is 0.397. The van der Waals surface area contributed by atoms with E-state index >= 15 is 0 Å². The molecule has 176 valence electrons. The van der Waals surface area contributed by atoms with Crippen molar-refractivity contribution in [3.63, 3.8) is 0 Å². The average Bonchev–Trinajstić information content (AvgIpc) is 3.49. The number of aryl methyl sites for hydroxylation is 1. The number of hydrogen-bond donors (Lipinski definition) is 1. The lowest BCUT2D eigenvalue weighted by molar-refractivity contribution is -0.192. The van der Waals surface area contributed by atoms with Crippen molar-refractivity contribution in [2.45, 2.75) is 38.0 Å². The largest absolute Gasteiger partial charge is 0.497 e. The first-order valence-electron chi connectivity index (χ1n) is 10.4. The minimum Gasteiger partial charge on any atom is -0.497 e. The van der Waals surface area contributed by atoms with Gasteiger partial charge in [-0.15, -0.1) is 0 Å². The highest BCUT2D eigenvalue weighted by Gasteiger charge is 2.38. The van der Waals surface area contributed by atoms with Gasteiger partial charge in [-0.1, -0.05) is 12.1 Å². The van der Waals surface area contributed by atoms with Crippen LogP contribution in [0.25, 0.3) is 0 Å². The van der Waals surface area contributed by atoms with E-state index in [0.29, 0.717) is 5.92 Å². The summed E-state index contributed by atoms with van der Waals surface area (Å²) in [6, 6.07) is 8.36. The Hall–Kier alpha value is -2.59. The van der Waals surface area contributed by atoms with Crippen molar-refractivity contribution in [2.75, 3.05) is 26.9 Å². The molecule has 32 heavy (non-hydrogen) atoms. The van der Waals surface area contributed by atoms with Crippen LogP contribution in [0.4, 0.5) is 13.2 Å². The molecule has 4 rings (SSSR count). The molecule has 1 unspecified atom stereocenters. The third-order valence-electron chi connectivity index (χ3n) is 5.50. The fourth-order valence-electron chi connectivity index (χ4n) is 3.75. The molecule has 1 N–H and O–H groups in total. The maximum Gasteiger partial charge on any atom is 0.490 e. The van der Waals surface area contributed by atoms with Gasteiger partial charge >= 0.3 is 12.1 Å². The third kappa shape index (κ3) is 6.70. The topological polar surface area (TPSA) is 76.8 Å². The van der Waals surface area contributed by atoms with Crippen LogP contribution in [-0.2, 0) is 29.7 Å². The number of carboxylic acids is 1. The van der Waals surface area contributed by atoms with Gasteiger partial charge in [-0.3, -0.25) is 9.58 Å². The maximum absolute atomic E-state index is 10.6. The van der Waals surface area contributed by atoms with Crippen LogP contribution >= 0.6 is 0 Å². The zero-order chi connectivity index (χ0) is 23.3. The molecule has 0 saturated heterocycles. The summed E-state index contributed by atoms with van der Waals surface area (Å²) in [5, 5.41) is 11.6. The highest BCUT2D eigenvalue weighted by molar-refractivity contribution is 5.73. The number of alkyl halides is 3. The predicted molar refractivity (Wildman–Crippen MR) is 110 cm³/mol. The predicted octanol–water partition coefficient (Wildman–Crippen LogP) is 3.59. The van der Waals surface area contributed by atoms with Gasteiger partial charge in [0.2, 0.25) is 0 Å². The monoisotopic (exact) mass is 455 g/mol. The minimum atomic E-state index is -5.08. The standard InChI is InChI=1S/C20H27N3O2.C2HF3O2/c1-22-20-17(9-21-22)11-23(10-15-5-7-19(24-2)8-6-15)12-18(20)14-25-13-16-3-4-16;3-2(4,5)1(6)7/h5-9,16,18H,3-4,10-14H2,1-2H3;(H,6,7). The smallest absolute Gasteiger partial charge is 0.490 e. The van der Waals surface area contributed by atoms with Crippen LogP contribution in [0.3, 0.4) is 0 Å². The van der Waals surface area contributed by atoms with Crippen molar-refractivity contribution in [2.24, 2.45) is 13.0 Å². The number of ether oxygens (including phenoxy) is 2. The number of hydrogen-bond acceptors (Lipinski definition) is 5. The highest BCUT2D eigenvalue weighted by Crippen LogP contribution is 2.32. The molecule has 1 saturated carbocycles. The maximum atomic E-state index is 10.6. The van der Waals surface area contributed by atoms with E-state index in [9.17, 15) is 13.2 Å². The van der Waals surface area contributed by atoms with Gasteiger partial charge in [0.25, 0.3) is 0 Å². The summed E-state index contributed by atoms with van der Waals surface area (Å²) in [7, 11) is 3.75. The van der Waals surface area contributed by atoms with Crippen molar-refractivity contribution in [1.29, 1.82) is 0 Å². The van der Waals surface area contributed by atoms with Crippen LogP contribution in [0.15, 0.2) is 30.5 Å². The van der Waals surface area contributed by atoms with E-state index in [1.165, 1.54) is 29.7 Å².